The Morgan fingerprint density at radius 1 is 1.33 bits per heavy atom. The van der Waals surface area contributed by atoms with Crippen LogP contribution in [0.15, 0.2) is 18.2 Å². The lowest BCUT2D eigenvalue weighted by Crippen LogP contribution is -2.34. The predicted octanol–water partition coefficient (Wildman–Crippen LogP) is 2.25. The quantitative estimate of drug-likeness (QED) is 0.829. The maximum atomic E-state index is 13.0. The van der Waals surface area contributed by atoms with Crippen LogP contribution >= 0.6 is 0 Å². The van der Waals surface area contributed by atoms with Gasteiger partial charge in [-0.3, -0.25) is 0 Å². The molecule has 15 heavy (non-hydrogen) atoms. The Balaban J connectivity index is 2.95. The first-order valence-electron chi connectivity index (χ1n) is 4.97. The van der Waals surface area contributed by atoms with Crippen LogP contribution in [0.25, 0.3) is 0 Å². The van der Waals surface area contributed by atoms with E-state index in [1.807, 2.05) is 13.8 Å². The molecule has 0 saturated heterocycles. The molecule has 2 nitrogen and oxygen atoms in total. The van der Waals surface area contributed by atoms with Crippen molar-refractivity contribution in [1.82, 2.24) is 0 Å². The maximum Gasteiger partial charge on any atom is 0.123 e. The molecule has 1 aromatic carbocycles. The standard InChI is InChI=1S/C12H18FNO/c1-12(2,14)7-9-4-5-11(13)6-10(9)8-15-3/h4-6H,7-8,14H2,1-3H3. The van der Waals surface area contributed by atoms with Crippen LogP contribution in [0.5, 0.6) is 0 Å². The summed E-state index contributed by atoms with van der Waals surface area (Å²) < 4.78 is 18.0. The van der Waals surface area contributed by atoms with Crippen LogP contribution in [0, 0.1) is 5.82 Å². The van der Waals surface area contributed by atoms with Crippen LogP contribution in [0.2, 0.25) is 0 Å². The fourth-order valence-corrected chi connectivity index (χ4v) is 1.55. The number of ether oxygens (including phenoxy) is 1. The molecule has 0 radical (unpaired) electrons. The fraction of sp³-hybridized carbons (Fsp3) is 0.500. The lowest BCUT2D eigenvalue weighted by Gasteiger charge is -2.20. The van der Waals surface area contributed by atoms with Gasteiger partial charge in [0.05, 0.1) is 6.61 Å². The van der Waals surface area contributed by atoms with Crippen molar-refractivity contribution in [2.24, 2.45) is 5.73 Å². The number of hydrogen-bond acceptors (Lipinski definition) is 2. The highest BCUT2D eigenvalue weighted by Crippen LogP contribution is 2.17. The van der Waals surface area contributed by atoms with E-state index in [2.05, 4.69) is 0 Å². The topological polar surface area (TPSA) is 35.2 Å². The number of nitrogens with two attached hydrogens (primary N) is 1. The number of hydrogen-bond donors (Lipinski definition) is 1. The van der Waals surface area contributed by atoms with Crippen LogP contribution in [-0.4, -0.2) is 12.6 Å². The second-order valence-corrected chi connectivity index (χ2v) is 4.51. The summed E-state index contributed by atoms with van der Waals surface area (Å²) in [6.45, 7) is 4.32. The average Bonchev–Trinajstić information content (AvgIpc) is 2.08. The lowest BCUT2D eigenvalue weighted by molar-refractivity contribution is 0.183. The van der Waals surface area contributed by atoms with Crippen LogP contribution in [0.1, 0.15) is 25.0 Å². The summed E-state index contributed by atoms with van der Waals surface area (Å²) in [5, 5.41) is 0. The minimum atomic E-state index is -0.291. The minimum absolute atomic E-state index is 0.236. The van der Waals surface area contributed by atoms with Gasteiger partial charge in [-0.2, -0.15) is 0 Å². The van der Waals surface area contributed by atoms with Gasteiger partial charge in [-0.25, -0.2) is 4.39 Å². The summed E-state index contributed by atoms with van der Waals surface area (Å²) in [5.74, 6) is -0.236. The molecule has 0 amide bonds. The van der Waals surface area contributed by atoms with Gasteiger partial charge in [0.25, 0.3) is 0 Å². The molecular weight excluding hydrogens is 193 g/mol. The Bertz CT molecular complexity index is 331. The molecule has 0 spiro atoms. The van der Waals surface area contributed by atoms with E-state index in [4.69, 9.17) is 10.5 Å². The summed E-state index contributed by atoms with van der Waals surface area (Å²) in [4.78, 5) is 0. The molecule has 0 aliphatic rings. The Morgan fingerprint density at radius 3 is 2.53 bits per heavy atom. The van der Waals surface area contributed by atoms with Gasteiger partial charge in [-0.05, 0) is 43.5 Å². The largest absolute Gasteiger partial charge is 0.380 e. The molecule has 3 heteroatoms. The zero-order valence-corrected chi connectivity index (χ0v) is 9.51. The molecule has 0 fully saturated rings. The Hall–Kier alpha value is -0.930. The zero-order valence-electron chi connectivity index (χ0n) is 9.51. The van der Waals surface area contributed by atoms with Gasteiger partial charge < -0.3 is 10.5 Å². The first kappa shape index (κ1) is 12.1. The van der Waals surface area contributed by atoms with Gasteiger partial charge in [0, 0.05) is 12.6 Å². The molecule has 0 heterocycles. The third kappa shape index (κ3) is 3.98. The molecule has 0 unspecified atom stereocenters. The van der Waals surface area contributed by atoms with Crippen LogP contribution in [0.4, 0.5) is 4.39 Å². The molecule has 84 valence electrons. The molecule has 0 atom stereocenters. The molecule has 1 aromatic rings. The predicted molar refractivity (Wildman–Crippen MR) is 59.1 cm³/mol. The van der Waals surface area contributed by atoms with E-state index in [1.165, 1.54) is 12.1 Å². The van der Waals surface area contributed by atoms with Gasteiger partial charge in [0.1, 0.15) is 5.82 Å². The summed E-state index contributed by atoms with van der Waals surface area (Å²) in [5.41, 5.74) is 7.56. The summed E-state index contributed by atoms with van der Waals surface area (Å²) in [6.07, 6.45) is 0.714. The van der Waals surface area contributed by atoms with E-state index in [-0.39, 0.29) is 11.4 Å². The first-order chi connectivity index (χ1) is 6.92. The first-order valence-corrected chi connectivity index (χ1v) is 4.97. The van der Waals surface area contributed by atoms with Crippen molar-refractivity contribution in [1.29, 1.82) is 0 Å². The number of methoxy groups -OCH3 is 1. The number of benzene rings is 1. The molecule has 0 aromatic heterocycles. The molecule has 0 bridgehead atoms. The molecule has 1 rings (SSSR count). The van der Waals surface area contributed by atoms with Crippen molar-refractivity contribution < 1.29 is 9.13 Å². The second-order valence-electron chi connectivity index (χ2n) is 4.51. The zero-order chi connectivity index (χ0) is 11.5. The smallest absolute Gasteiger partial charge is 0.123 e. The molecule has 0 aliphatic heterocycles. The lowest BCUT2D eigenvalue weighted by atomic mass is 9.93. The highest BCUT2D eigenvalue weighted by molar-refractivity contribution is 5.28. The third-order valence-electron chi connectivity index (χ3n) is 2.11. The highest BCUT2D eigenvalue weighted by Gasteiger charge is 2.14. The fourth-order valence-electron chi connectivity index (χ4n) is 1.55. The second kappa shape index (κ2) is 4.73. The van der Waals surface area contributed by atoms with Crippen molar-refractivity contribution >= 4 is 0 Å². The third-order valence-corrected chi connectivity index (χ3v) is 2.11. The highest BCUT2D eigenvalue weighted by atomic mass is 19.1. The monoisotopic (exact) mass is 211 g/mol. The Morgan fingerprint density at radius 2 is 2.00 bits per heavy atom. The van der Waals surface area contributed by atoms with E-state index in [0.29, 0.717) is 13.0 Å². The molecule has 0 saturated carbocycles. The summed E-state index contributed by atoms with van der Waals surface area (Å²) in [6, 6.07) is 4.74. The van der Waals surface area contributed by atoms with Gasteiger partial charge in [-0.1, -0.05) is 6.07 Å². The average molecular weight is 211 g/mol. The Kier molecular flexibility index (Phi) is 3.83. The van der Waals surface area contributed by atoms with Gasteiger partial charge >= 0.3 is 0 Å². The van der Waals surface area contributed by atoms with E-state index in [1.54, 1.807) is 13.2 Å². The molecular formula is C12H18FNO. The van der Waals surface area contributed by atoms with Crippen LogP contribution in [-0.2, 0) is 17.8 Å². The number of rotatable bonds is 4. The maximum absolute atomic E-state index is 13.0. The van der Waals surface area contributed by atoms with E-state index in [9.17, 15) is 4.39 Å². The van der Waals surface area contributed by atoms with Crippen molar-refractivity contribution in [2.45, 2.75) is 32.4 Å². The number of halogens is 1. The summed E-state index contributed by atoms with van der Waals surface area (Å²) >= 11 is 0. The van der Waals surface area contributed by atoms with Gasteiger partial charge in [0.15, 0.2) is 0 Å². The van der Waals surface area contributed by atoms with Crippen LogP contribution < -0.4 is 5.73 Å². The molecule has 0 aliphatic carbocycles. The van der Waals surface area contributed by atoms with Gasteiger partial charge in [0.2, 0.25) is 0 Å². The van der Waals surface area contributed by atoms with E-state index >= 15 is 0 Å². The Labute approximate surface area is 90.2 Å². The van der Waals surface area contributed by atoms with E-state index < -0.39 is 0 Å². The van der Waals surface area contributed by atoms with Crippen molar-refractivity contribution in [3.8, 4) is 0 Å². The van der Waals surface area contributed by atoms with Crippen molar-refractivity contribution in [2.75, 3.05) is 7.11 Å². The molecule has 2 N–H and O–H groups in total. The van der Waals surface area contributed by atoms with Gasteiger partial charge in [-0.15, -0.1) is 0 Å². The van der Waals surface area contributed by atoms with E-state index in [0.717, 1.165) is 11.1 Å². The van der Waals surface area contributed by atoms with Crippen LogP contribution in [0.3, 0.4) is 0 Å². The normalized spacial score (nSPS) is 11.8. The summed E-state index contributed by atoms with van der Waals surface area (Å²) in [7, 11) is 1.60. The minimum Gasteiger partial charge on any atom is -0.380 e. The van der Waals surface area contributed by atoms with Crippen molar-refractivity contribution in [3.63, 3.8) is 0 Å². The van der Waals surface area contributed by atoms with Crippen molar-refractivity contribution in [3.05, 3.63) is 35.1 Å². The SMILES string of the molecule is COCc1cc(F)ccc1CC(C)(C)N.